The number of nitrogens with zero attached hydrogens (tertiary/aromatic N) is 3. The average molecular weight is 405 g/mol. The number of benzene rings is 1. The zero-order chi connectivity index (χ0) is 19.6. The van der Waals surface area contributed by atoms with Gasteiger partial charge in [0.1, 0.15) is 11.6 Å². The number of anilines is 1. The lowest BCUT2D eigenvalue weighted by Gasteiger charge is -2.10. The number of pyridine rings is 1. The predicted octanol–water partition coefficient (Wildman–Crippen LogP) is 4.06. The molecule has 0 saturated heterocycles. The Balaban J connectivity index is 1.90. The topological polar surface area (TPSA) is 86.1 Å². The highest BCUT2D eigenvalue weighted by atomic mass is 35.5. The number of aromatic nitrogens is 3. The van der Waals surface area contributed by atoms with Crippen molar-refractivity contribution >= 4 is 40.9 Å². The van der Waals surface area contributed by atoms with Crippen LogP contribution in [-0.2, 0) is 4.79 Å². The number of hydrogen-bond acceptors (Lipinski definition) is 5. The molecule has 2 heterocycles. The molecule has 1 amide bonds. The SMILES string of the molecule is CC(=O)Oc1cccc(C(=O)Nc2cc(C)nn2-c2ncc(Cl)cc2Cl)c1. The van der Waals surface area contributed by atoms with E-state index in [1.165, 1.54) is 29.9 Å². The van der Waals surface area contributed by atoms with Crippen molar-refractivity contribution in [2.24, 2.45) is 0 Å². The number of esters is 1. The maximum atomic E-state index is 12.6. The Hall–Kier alpha value is -2.90. The third kappa shape index (κ3) is 4.45. The van der Waals surface area contributed by atoms with Crippen LogP contribution in [0.5, 0.6) is 5.75 Å². The van der Waals surface area contributed by atoms with Gasteiger partial charge in [-0.25, -0.2) is 4.98 Å². The van der Waals surface area contributed by atoms with Gasteiger partial charge in [0.05, 0.1) is 15.7 Å². The number of aryl methyl sites for hydroxylation is 1. The number of carbonyl (C=O) groups is 2. The van der Waals surface area contributed by atoms with Gasteiger partial charge < -0.3 is 10.1 Å². The molecule has 0 atom stereocenters. The van der Waals surface area contributed by atoms with Crippen molar-refractivity contribution in [2.45, 2.75) is 13.8 Å². The van der Waals surface area contributed by atoms with Crippen LogP contribution in [0.2, 0.25) is 10.0 Å². The Bertz CT molecular complexity index is 1030. The fourth-order valence-electron chi connectivity index (χ4n) is 2.37. The number of ether oxygens (including phenoxy) is 1. The molecular formula is C18H14Cl2N4O3. The van der Waals surface area contributed by atoms with Crippen molar-refractivity contribution in [1.82, 2.24) is 14.8 Å². The van der Waals surface area contributed by atoms with Gasteiger partial charge in [0.25, 0.3) is 5.91 Å². The maximum absolute atomic E-state index is 12.6. The van der Waals surface area contributed by atoms with Crippen LogP contribution >= 0.6 is 23.2 Å². The van der Waals surface area contributed by atoms with Gasteiger partial charge in [0, 0.05) is 24.8 Å². The summed E-state index contributed by atoms with van der Waals surface area (Å²) in [6, 6.07) is 9.50. The molecule has 1 aromatic carbocycles. The van der Waals surface area contributed by atoms with Crippen LogP contribution in [0.3, 0.4) is 0 Å². The van der Waals surface area contributed by atoms with Crippen LogP contribution in [0.25, 0.3) is 5.82 Å². The highest BCUT2D eigenvalue weighted by molar-refractivity contribution is 6.35. The first-order valence-electron chi connectivity index (χ1n) is 7.81. The molecular weight excluding hydrogens is 391 g/mol. The number of amides is 1. The zero-order valence-electron chi connectivity index (χ0n) is 14.4. The van der Waals surface area contributed by atoms with Crippen LogP contribution in [0.15, 0.2) is 42.6 Å². The third-order valence-electron chi connectivity index (χ3n) is 3.42. The molecule has 2 aromatic heterocycles. The van der Waals surface area contributed by atoms with E-state index in [4.69, 9.17) is 27.9 Å². The van der Waals surface area contributed by atoms with E-state index in [0.29, 0.717) is 27.9 Å². The Morgan fingerprint density at radius 3 is 2.67 bits per heavy atom. The van der Waals surface area contributed by atoms with E-state index in [-0.39, 0.29) is 10.8 Å². The van der Waals surface area contributed by atoms with E-state index in [9.17, 15) is 9.59 Å². The van der Waals surface area contributed by atoms with Crippen LogP contribution in [0.1, 0.15) is 23.0 Å². The van der Waals surface area contributed by atoms with Crippen LogP contribution in [-0.4, -0.2) is 26.6 Å². The first kappa shape index (κ1) is 18.9. The van der Waals surface area contributed by atoms with E-state index in [2.05, 4.69) is 15.4 Å². The van der Waals surface area contributed by atoms with Crippen LogP contribution < -0.4 is 10.1 Å². The minimum absolute atomic E-state index is 0.280. The monoisotopic (exact) mass is 404 g/mol. The Labute approximate surface area is 164 Å². The summed E-state index contributed by atoms with van der Waals surface area (Å²) in [7, 11) is 0. The molecule has 27 heavy (non-hydrogen) atoms. The minimum atomic E-state index is -0.468. The van der Waals surface area contributed by atoms with Crippen LogP contribution in [0, 0.1) is 6.92 Å². The second-order valence-electron chi connectivity index (χ2n) is 5.62. The van der Waals surface area contributed by atoms with E-state index < -0.39 is 11.9 Å². The maximum Gasteiger partial charge on any atom is 0.308 e. The lowest BCUT2D eigenvalue weighted by atomic mass is 10.2. The van der Waals surface area contributed by atoms with Crippen molar-refractivity contribution in [2.75, 3.05) is 5.32 Å². The number of carbonyl (C=O) groups excluding carboxylic acids is 2. The molecule has 0 radical (unpaired) electrons. The summed E-state index contributed by atoms with van der Waals surface area (Å²) in [6.45, 7) is 3.06. The third-order valence-corrected chi connectivity index (χ3v) is 3.90. The van der Waals surface area contributed by atoms with Gasteiger partial charge in [0.2, 0.25) is 0 Å². The largest absolute Gasteiger partial charge is 0.427 e. The molecule has 0 spiro atoms. The Morgan fingerprint density at radius 2 is 1.96 bits per heavy atom. The Kier molecular flexibility index (Phi) is 5.43. The van der Waals surface area contributed by atoms with Crippen molar-refractivity contribution < 1.29 is 14.3 Å². The molecule has 0 aliphatic heterocycles. The molecule has 0 fully saturated rings. The molecule has 0 unspecified atom stereocenters. The fraction of sp³-hybridized carbons (Fsp3) is 0.111. The molecule has 1 N–H and O–H groups in total. The van der Waals surface area contributed by atoms with Gasteiger partial charge in [-0.15, -0.1) is 0 Å². The number of hydrogen-bond donors (Lipinski definition) is 1. The van der Waals surface area contributed by atoms with Crippen molar-refractivity contribution in [3.05, 3.63) is 63.9 Å². The minimum Gasteiger partial charge on any atom is -0.427 e. The van der Waals surface area contributed by atoms with Crippen molar-refractivity contribution in [1.29, 1.82) is 0 Å². The second kappa shape index (κ2) is 7.77. The number of rotatable bonds is 4. The summed E-state index contributed by atoms with van der Waals surface area (Å²) >= 11 is 12.1. The van der Waals surface area contributed by atoms with Gasteiger partial charge in [-0.3, -0.25) is 9.59 Å². The molecule has 0 aliphatic carbocycles. The van der Waals surface area contributed by atoms with E-state index in [1.54, 1.807) is 31.2 Å². The molecule has 0 saturated carbocycles. The van der Waals surface area contributed by atoms with Crippen LogP contribution in [0.4, 0.5) is 5.82 Å². The van der Waals surface area contributed by atoms with E-state index in [0.717, 1.165) is 0 Å². The number of nitrogens with one attached hydrogen (secondary N) is 1. The summed E-state index contributed by atoms with van der Waals surface area (Å²) < 4.78 is 6.42. The molecule has 7 nitrogen and oxygen atoms in total. The predicted molar refractivity (Wildman–Crippen MR) is 102 cm³/mol. The molecule has 0 bridgehead atoms. The molecule has 0 aliphatic rings. The summed E-state index contributed by atoms with van der Waals surface area (Å²) in [4.78, 5) is 27.9. The normalized spacial score (nSPS) is 10.5. The van der Waals surface area contributed by atoms with Gasteiger partial charge in [-0.2, -0.15) is 9.78 Å². The Morgan fingerprint density at radius 1 is 1.19 bits per heavy atom. The highest BCUT2D eigenvalue weighted by Crippen LogP contribution is 2.25. The molecule has 3 aromatic rings. The van der Waals surface area contributed by atoms with Gasteiger partial charge in [-0.05, 0) is 31.2 Å². The summed E-state index contributed by atoms with van der Waals surface area (Å²) in [5.74, 6) is 0.118. The smallest absolute Gasteiger partial charge is 0.308 e. The summed E-state index contributed by atoms with van der Waals surface area (Å²) in [5, 5.41) is 7.75. The molecule has 3 rings (SSSR count). The average Bonchev–Trinajstić information content (AvgIpc) is 2.94. The quantitative estimate of drug-likeness (QED) is 0.523. The van der Waals surface area contributed by atoms with Crippen molar-refractivity contribution in [3.63, 3.8) is 0 Å². The fourth-order valence-corrected chi connectivity index (χ4v) is 2.83. The summed E-state index contributed by atoms with van der Waals surface area (Å²) in [6.07, 6.45) is 1.44. The first-order chi connectivity index (χ1) is 12.8. The van der Waals surface area contributed by atoms with E-state index in [1.807, 2.05) is 0 Å². The number of halogens is 2. The standard InChI is InChI=1S/C18H14Cl2N4O3/c1-10-6-16(24(23-10)17-15(20)8-13(19)9-21-17)22-18(26)12-4-3-5-14(7-12)27-11(2)25/h3-9H,1-2H3,(H,22,26). The lowest BCUT2D eigenvalue weighted by Crippen LogP contribution is -2.16. The first-order valence-corrected chi connectivity index (χ1v) is 8.57. The lowest BCUT2D eigenvalue weighted by molar-refractivity contribution is -0.131. The van der Waals surface area contributed by atoms with Gasteiger partial charge >= 0.3 is 5.97 Å². The molecule has 9 heteroatoms. The van der Waals surface area contributed by atoms with Gasteiger partial charge in [0.15, 0.2) is 5.82 Å². The second-order valence-corrected chi connectivity index (χ2v) is 6.46. The highest BCUT2D eigenvalue weighted by Gasteiger charge is 2.16. The zero-order valence-corrected chi connectivity index (χ0v) is 15.9. The van der Waals surface area contributed by atoms with Gasteiger partial charge in [-0.1, -0.05) is 29.3 Å². The van der Waals surface area contributed by atoms with Crippen molar-refractivity contribution in [3.8, 4) is 11.6 Å². The van der Waals surface area contributed by atoms with E-state index >= 15 is 0 Å². The summed E-state index contributed by atoms with van der Waals surface area (Å²) in [5.41, 5.74) is 0.973. The molecule has 138 valence electrons.